The van der Waals surface area contributed by atoms with Gasteiger partial charge in [0, 0.05) is 0 Å². The van der Waals surface area contributed by atoms with E-state index in [0.29, 0.717) is 17.7 Å². The maximum atomic E-state index is 11.9. The van der Waals surface area contributed by atoms with Crippen molar-refractivity contribution >= 4 is 11.9 Å². The Kier molecular flexibility index (Phi) is 8.65. The van der Waals surface area contributed by atoms with Crippen LogP contribution in [-0.4, -0.2) is 25.2 Å². The van der Waals surface area contributed by atoms with E-state index in [1.165, 1.54) is 31.4 Å². The summed E-state index contributed by atoms with van der Waals surface area (Å²) in [7, 11) is 0. The average molecular weight is 304 g/mol. The second kappa shape index (κ2) is 10.6. The molecule has 0 aliphatic carbocycles. The molecule has 0 atom stereocenters. The molecule has 22 heavy (non-hydrogen) atoms. The van der Waals surface area contributed by atoms with Crippen molar-refractivity contribution in [2.45, 2.75) is 39.0 Å². The highest BCUT2D eigenvalue weighted by molar-refractivity contribution is 5.95. The summed E-state index contributed by atoms with van der Waals surface area (Å²) in [6.45, 7) is 6.20. The van der Waals surface area contributed by atoms with Crippen LogP contribution >= 0.6 is 0 Å². The molecule has 0 N–H and O–H groups in total. The minimum atomic E-state index is -0.478. The van der Waals surface area contributed by atoms with Crippen LogP contribution in [0.3, 0.4) is 0 Å². The van der Waals surface area contributed by atoms with E-state index in [4.69, 9.17) is 9.47 Å². The predicted molar refractivity (Wildman–Crippen MR) is 86.0 cm³/mol. The number of benzene rings is 1. The maximum absolute atomic E-state index is 11.9. The molecule has 0 saturated carbocycles. The minimum Gasteiger partial charge on any atom is -0.462 e. The quantitative estimate of drug-likeness (QED) is 0.370. The fraction of sp³-hybridized carbons (Fsp3) is 0.444. The Hall–Kier alpha value is -2.10. The van der Waals surface area contributed by atoms with Crippen LogP contribution in [0.4, 0.5) is 0 Å². The van der Waals surface area contributed by atoms with Gasteiger partial charge in [0.05, 0.1) is 17.7 Å². The number of rotatable bonds is 10. The zero-order valence-electron chi connectivity index (χ0n) is 13.2. The Balaban J connectivity index is 2.45. The van der Waals surface area contributed by atoms with Gasteiger partial charge in [0.15, 0.2) is 0 Å². The molecule has 0 aliphatic heterocycles. The zero-order valence-corrected chi connectivity index (χ0v) is 13.2. The van der Waals surface area contributed by atoms with E-state index >= 15 is 0 Å². The Labute approximate surface area is 132 Å². The summed E-state index contributed by atoms with van der Waals surface area (Å²) in [6.07, 6.45) is 6.99. The summed E-state index contributed by atoms with van der Waals surface area (Å²) in [6, 6.07) is 6.36. The predicted octanol–water partition coefficient (Wildman–Crippen LogP) is 4.16. The Morgan fingerprint density at radius 3 is 2.32 bits per heavy atom. The normalized spacial score (nSPS) is 10.0. The third kappa shape index (κ3) is 6.57. The van der Waals surface area contributed by atoms with Crippen LogP contribution in [-0.2, 0) is 9.47 Å². The first-order chi connectivity index (χ1) is 10.7. The Morgan fingerprint density at radius 2 is 1.68 bits per heavy atom. The fourth-order valence-corrected chi connectivity index (χ4v) is 1.94. The minimum absolute atomic E-state index is 0.144. The van der Waals surface area contributed by atoms with E-state index in [9.17, 15) is 9.59 Å². The first-order valence-corrected chi connectivity index (χ1v) is 7.74. The molecule has 0 heterocycles. The molecule has 120 valence electrons. The highest BCUT2D eigenvalue weighted by atomic mass is 16.5. The standard InChI is InChI=1S/C18H24O4/c1-3-5-6-7-8-13-22-18(20)16-11-9-10-15(14-16)17(19)21-12-4-2/h4,9-11,14H,2-3,5-8,12-13H2,1H3. The van der Waals surface area contributed by atoms with Gasteiger partial charge >= 0.3 is 11.9 Å². The van der Waals surface area contributed by atoms with Crippen molar-refractivity contribution in [1.82, 2.24) is 0 Å². The highest BCUT2D eigenvalue weighted by Crippen LogP contribution is 2.09. The van der Waals surface area contributed by atoms with Gasteiger partial charge in [-0.15, -0.1) is 0 Å². The lowest BCUT2D eigenvalue weighted by Crippen LogP contribution is -2.09. The second-order valence-electron chi connectivity index (χ2n) is 5.02. The smallest absolute Gasteiger partial charge is 0.338 e. The van der Waals surface area contributed by atoms with Gasteiger partial charge in [-0.05, 0) is 24.6 Å². The van der Waals surface area contributed by atoms with Gasteiger partial charge in [-0.3, -0.25) is 0 Å². The summed E-state index contributed by atoms with van der Waals surface area (Å²) < 4.78 is 10.2. The van der Waals surface area contributed by atoms with E-state index in [0.717, 1.165) is 12.8 Å². The Morgan fingerprint density at radius 1 is 1.05 bits per heavy atom. The molecule has 0 aromatic heterocycles. The van der Waals surface area contributed by atoms with Gasteiger partial charge in [0.2, 0.25) is 0 Å². The van der Waals surface area contributed by atoms with Crippen LogP contribution in [0.5, 0.6) is 0 Å². The molecule has 0 spiro atoms. The summed E-state index contributed by atoms with van der Waals surface area (Å²) in [5.74, 6) is -0.886. The van der Waals surface area contributed by atoms with E-state index < -0.39 is 11.9 Å². The molecule has 0 radical (unpaired) electrons. The third-order valence-corrected chi connectivity index (χ3v) is 3.15. The van der Waals surface area contributed by atoms with Crippen LogP contribution in [0.2, 0.25) is 0 Å². The molecule has 1 aromatic rings. The van der Waals surface area contributed by atoms with Crippen LogP contribution in [0.25, 0.3) is 0 Å². The van der Waals surface area contributed by atoms with E-state index in [-0.39, 0.29) is 6.61 Å². The van der Waals surface area contributed by atoms with Crippen LogP contribution in [0.15, 0.2) is 36.9 Å². The van der Waals surface area contributed by atoms with Crippen molar-refractivity contribution in [2.24, 2.45) is 0 Å². The molecule has 4 heteroatoms. The van der Waals surface area contributed by atoms with Gasteiger partial charge in [-0.1, -0.05) is 51.3 Å². The topological polar surface area (TPSA) is 52.6 Å². The van der Waals surface area contributed by atoms with Gasteiger partial charge in [0.1, 0.15) is 6.61 Å². The van der Waals surface area contributed by atoms with Crippen molar-refractivity contribution in [3.8, 4) is 0 Å². The van der Waals surface area contributed by atoms with Gasteiger partial charge in [0.25, 0.3) is 0 Å². The van der Waals surface area contributed by atoms with Crippen molar-refractivity contribution in [1.29, 1.82) is 0 Å². The Bertz CT molecular complexity index is 494. The number of esters is 2. The van der Waals surface area contributed by atoms with E-state index in [2.05, 4.69) is 13.5 Å². The van der Waals surface area contributed by atoms with Gasteiger partial charge in [-0.25, -0.2) is 9.59 Å². The monoisotopic (exact) mass is 304 g/mol. The van der Waals surface area contributed by atoms with Crippen molar-refractivity contribution in [3.05, 3.63) is 48.0 Å². The molecule has 0 saturated heterocycles. The molecule has 1 rings (SSSR count). The molecule has 1 aromatic carbocycles. The molecular weight excluding hydrogens is 280 g/mol. The molecule has 0 bridgehead atoms. The number of hydrogen-bond acceptors (Lipinski definition) is 4. The zero-order chi connectivity index (χ0) is 16.2. The van der Waals surface area contributed by atoms with Crippen molar-refractivity contribution < 1.29 is 19.1 Å². The molecule has 0 aliphatic rings. The lowest BCUT2D eigenvalue weighted by molar-refractivity contribution is 0.0497. The summed E-state index contributed by atoms with van der Waals surface area (Å²) in [5, 5.41) is 0. The van der Waals surface area contributed by atoms with Crippen molar-refractivity contribution in [3.63, 3.8) is 0 Å². The molecule has 0 unspecified atom stereocenters. The van der Waals surface area contributed by atoms with E-state index in [1.54, 1.807) is 18.2 Å². The summed E-state index contributed by atoms with van der Waals surface area (Å²) >= 11 is 0. The first-order valence-electron chi connectivity index (χ1n) is 7.74. The van der Waals surface area contributed by atoms with Crippen LogP contribution < -0.4 is 0 Å². The number of carbonyl (C=O) groups is 2. The van der Waals surface area contributed by atoms with Crippen molar-refractivity contribution in [2.75, 3.05) is 13.2 Å². The maximum Gasteiger partial charge on any atom is 0.338 e. The number of carbonyl (C=O) groups excluding carboxylic acids is 2. The summed E-state index contributed by atoms with van der Waals surface area (Å²) in [5.41, 5.74) is 0.695. The fourth-order valence-electron chi connectivity index (χ4n) is 1.94. The lowest BCUT2D eigenvalue weighted by atomic mass is 10.1. The molecular formula is C18H24O4. The highest BCUT2D eigenvalue weighted by Gasteiger charge is 2.12. The van der Waals surface area contributed by atoms with Gasteiger partial charge in [-0.2, -0.15) is 0 Å². The van der Waals surface area contributed by atoms with Crippen LogP contribution in [0.1, 0.15) is 59.7 Å². The second-order valence-corrected chi connectivity index (χ2v) is 5.02. The number of ether oxygens (including phenoxy) is 2. The lowest BCUT2D eigenvalue weighted by Gasteiger charge is -2.06. The first kappa shape index (κ1) is 18.0. The third-order valence-electron chi connectivity index (χ3n) is 3.15. The molecule has 0 fully saturated rings. The number of unbranched alkanes of at least 4 members (excludes halogenated alkanes) is 4. The van der Waals surface area contributed by atoms with Gasteiger partial charge < -0.3 is 9.47 Å². The SMILES string of the molecule is C=CCOC(=O)c1cccc(C(=O)OCCCCCCC)c1. The molecule has 0 amide bonds. The molecule has 4 nitrogen and oxygen atoms in total. The van der Waals surface area contributed by atoms with E-state index in [1.807, 2.05) is 0 Å². The largest absolute Gasteiger partial charge is 0.462 e. The van der Waals surface area contributed by atoms with Crippen LogP contribution in [0, 0.1) is 0 Å². The average Bonchev–Trinajstić information content (AvgIpc) is 2.55. The number of hydrogen-bond donors (Lipinski definition) is 0. The summed E-state index contributed by atoms with van der Waals surface area (Å²) in [4.78, 5) is 23.6.